The monoisotopic (exact) mass is 667 g/mol. The van der Waals surface area contributed by atoms with Crippen molar-refractivity contribution in [2.45, 2.75) is 116 Å². The van der Waals surface area contributed by atoms with E-state index in [2.05, 4.69) is 32.9 Å². The van der Waals surface area contributed by atoms with Gasteiger partial charge in [-0.2, -0.15) is 0 Å². The van der Waals surface area contributed by atoms with E-state index in [0.717, 1.165) is 31.3 Å². The zero-order valence-corrected chi connectivity index (χ0v) is 27.3. The lowest BCUT2D eigenvalue weighted by Gasteiger charge is -2.45. The Bertz CT molecular complexity index is 1080. The number of hydrogen-bond acceptors (Lipinski definition) is 13. The molecule has 2 saturated heterocycles. The summed E-state index contributed by atoms with van der Waals surface area (Å²) in [4.78, 5) is 22.1. The number of nitrogens with two attached hydrogens (primary N) is 1. The summed E-state index contributed by atoms with van der Waals surface area (Å²) in [6.07, 6.45) is -5.99. The molecule has 45 heavy (non-hydrogen) atoms. The van der Waals surface area contributed by atoms with E-state index in [4.69, 9.17) is 33.7 Å². The van der Waals surface area contributed by atoms with Crippen molar-refractivity contribution in [3.63, 3.8) is 0 Å². The predicted octanol–water partition coefficient (Wildman–Crippen LogP) is 0.906. The van der Waals surface area contributed by atoms with Gasteiger partial charge in [0.2, 0.25) is 5.91 Å². The first-order valence-electron chi connectivity index (χ1n) is 14.9. The fraction of sp³-hybridized carbons (Fsp3) is 0.759. The Balaban J connectivity index is 1.89. The first-order chi connectivity index (χ1) is 21.0. The molecule has 2 rings (SSSR count). The van der Waals surface area contributed by atoms with Crippen LogP contribution >= 0.6 is 7.82 Å². The number of phosphoric acid groups is 1. The third-order valence-electron chi connectivity index (χ3n) is 7.39. The van der Waals surface area contributed by atoms with Gasteiger partial charge in [-0.25, -0.2) is 4.57 Å². The Labute approximate surface area is 263 Å². The van der Waals surface area contributed by atoms with Gasteiger partial charge in [0.25, 0.3) is 0 Å². The van der Waals surface area contributed by atoms with Crippen LogP contribution in [0.4, 0.5) is 0 Å². The zero-order valence-electron chi connectivity index (χ0n) is 26.4. The second kappa shape index (κ2) is 18.7. The Hall–Kier alpha value is -1.56. The van der Waals surface area contributed by atoms with Crippen LogP contribution in [0.3, 0.4) is 0 Å². The lowest BCUT2D eigenvalue weighted by Crippen LogP contribution is -2.64. The molecule has 5 unspecified atom stereocenters. The lowest BCUT2D eigenvalue weighted by molar-refractivity contribution is -0.367. The molecule has 2 aliphatic heterocycles. The fourth-order valence-corrected chi connectivity index (χ4v) is 5.39. The predicted molar refractivity (Wildman–Crippen MR) is 160 cm³/mol. The summed E-state index contributed by atoms with van der Waals surface area (Å²) in [5.74, 6) is -2.20. The minimum atomic E-state index is -4.94. The summed E-state index contributed by atoms with van der Waals surface area (Å²) in [7, 11) is -4.94. The SMILES string of the molecule is CC(C)=CCC/C(C)=C/CC/C(C)=C\COCCOP(=O)(O)O[C@H]1OC(C(N)=O)[C@H](O)[C@H](O)C1O[C@@H]1OC(O)[C@@H](O)[C@H](O)C1C. The van der Waals surface area contributed by atoms with Gasteiger partial charge in [-0.05, 0) is 53.4 Å². The smallest absolute Gasteiger partial charge is 0.390 e. The maximum atomic E-state index is 12.7. The van der Waals surface area contributed by atoms with E-state index >= 15 is 0 Å². The van der Waals surface area contributed by atoms with Gasteiger partial charge in [-0.15, -0.1) is 0 Å². The molecule has 0 aromatic carbocycles. The third kappa shape index (κ3) is 12.9. The maximum absolute atomic E-state index is 12.7. The number of allylic oxidation sites excluding steroid dienone is 5. The van der Waals surface area contributed by atoms with Crippen molar-refractivity contribution in [3.8, 4) is 0 Å². The second-order valence-corrected chi connectivity index (χ2v) is 13.0. The summed E-state index contributed by atoms with van der Waals surface area (Å²) >= 11 is 0. The van der Waals surface area contributed by atoms with Crippen LogP contribution in [-0.4, -0.2) is 112 Å². The molecule has 0 aliphatic carbocycles. The highest BCUT2D eigenvalue weighted by Crippen LogP contribution is 2.47. The van der Waals surface area contributed by atoms with Crippen molar-refractivity contribution in [3.05, 3.63) is 34.9 Å². The molecular weight excluding hydrogens is 617 g/mol. The van der Waals surface area contributed by atoms with Crippen LogP contribution in [0, 0.1) is 5.92 Å². The topological polar surface area (TPSA) is 237 Å². The first kappa shape index (κ1) is 39.6. The number of hydrogen-bond donors (Lipinski definition) is 7. The number of phosphoric ester groups is 1. The van der Waals surface area contributed by atoms with Crippen LogP contribution in [0.5, 0.6) is 0 Å². The third-order valence-corrected chi connectivity index (χ3v) is 8.38. The van der Waals surface area contributed by atoms with E-state index in [9.17, 15) is 39.8 Å². The van der Waals surface area contributed by atoms with E-state index < -0.39 is 75.1 Å². The molecule has 0 spiro atoms. The van der Waals surface area contributed by atoms with Crippen molar-refractivity contribution < 1.29 is 67.8 Å². The van der Waals surface area contributed by atoms with E-state index in [1.54, 1.807) is 0 Å². The molecule has 1 amide bonds. The van der Waals surface area contributed by atoms with Gasteiger partial charge < -0.3 is 55.1 Å². The Morgan fingerprint density at radius 1 is 0.844 bits per heavy atom. The van der Waals surface area contributed by atoms with Gasteiger partial charge in [-0.1, -0.05) is 41.9 Å². The minimum absolute atomic E-state index is 0.0801. The van der Waals surface area contributed by atoms with Crippen LogP contribution in [0.15, 0.2) is 34.9 Å². The lowest BCUT2D eigenvalue weighted by atomic mass is 9.94. The summed E-state index contributed by atoms with van der Waals surface area (Å²) in [6.45, 7) is 9.44. The average molecular weight is 668 g/mol. The van der Waals surface area contributed by atoms with Gasteiger partial charge in [0.1, 0.15) is 24.4 Å². The molecule has 0 radical (unpaired) electrons. The number of carbonyl (C=O) groups is 1. The number of aliphatic hydroxyl groups is 5. The molecule has 15 nitrogen and oxygen atoms in total. The number of aliphatic hydroxyl groups excluding tert-OH is 5. The van der Waals surface area contributed by atoms with Crippen LogP contribution in [0.2, 0.25) is 0 Å². The van der Waals surface area contributed by atoms with Gasteiger partial charge >= 0.3 is 7.82 Å². The van der Waals surface area contributed by atoms with E-state index in [-0.39, 0.29) is 19.8 Å². The van der Waals surface area contributed by atoms with Crippen molar-refractivity contribution in [2.75, 3.05) is 19.8 Å². The van der Waals surface area contributed by atoms with Gasteiger partial charge in [0, 0.05) is 5.92 Å². The Morgan fingerprint density at radius 2 is 1.47 bits per heavy atom. The van der Waals surface area contributed by atoms with Crippen molar-refractivity contribution >= 4 is 13.7 Å². The van der Waals surface area contributed by atoms with Crippen LogP contribution in [-0.2, 0) is 37.4 Å². The largest absolute Gasteiger partial charge is 0.474 e. The molecule has 2 heterocycles. The van der Waals surface area contributed by atoms with Gasteiger partial charge in [0.05, 0.1) is 25.9 Å². The van der Waals surface area contributed by atoms with Crippen LogP contribution in [0.1, 0.15) is 60.3 Å². The Kier molecular flexibility index (Phi) is 16.5. The number of rotatable bonds is 17. The molecule has 2 fully saturated rings. The number of carbonyl (C=O) groups excluding carboxylic acids is 1. The molecular formula is C29H50NO14P. The second-order valence-electron chi connectivity index (χ2n) is 11.6. The van der Waals surface area contributed by atoms with E-state index in [1.165, 1.54) is 18.1 Å². The molecule has 0 bridgehead atoms. The summed E-state index contributed by atoms with van der Waals surface area (Å²) < 4.78 is 44.1. The van der Waals surface area contributed by atoms with Gasteiger partial charge in [-0.3, -0.25) is 13.8 Å². The first-order valence-corrected chi connectivity index (χ1v) is 16.4. The molecule has 260 valence electrons. The highest BCUT2D eigenvalue weighted by Gasteiger charge is 2.53. The average Bonchev–Trinajstić information content (AvgIpc) is 2.95. The van der Waals surface area contributed by atoms with Crippen LogP contribution in [0.25, 0.3) is 0 Å². The fourth-order valence-electron chi connectivity index (χ4n) is 4.59. The maximum Gasteiger partial charge on any atom is 0.474 e. The summed E-state index contributed by atoms with van der Waals surface area (Å²) in [5, 5.41) is 50.8. The number of primary amides is 1. The highest BCUT2D eigenvalue weighted by molar-refractivity contribution is 7.47. The molecule has 0 aromatic rings. The Morgan fingerprint density at radius 3 is 2.09 bits per heavy atom. The standard InChI is InChI=1S/C29H50NO14P/c1-16(2)8-6-9-17(3)10-7-11-18(4)12-13-39-14-15-40-45(37,38)44-29-25(22(33)21(32)24(41-29)26(30)35)42-28-19(5)20(31)23(34)27(36)43-28/h8,10,12,19-25,27-29,31-34,36H,6-7,9,11,13-15H2,1-5H3,(H2,30,35)(H,37,38)/b17-10+,18-12-/t19?,20-,21-,22+,23+,24?,25?,27?,28-,29-/m1/s1. The molecule has 2 aliphatic rings. The zero-order chi connectivity index (χ0) is 33.9. The summed E-state index contributed by atoms with van der Waals surface area (Å²) in [5.41, 5.74) is 8.99. The molecule has 11 atom stereocenters. The number of amides is 1. The van der Waals surface area contributed by atoms with E-state index in [1.807, 2.05) is 13.0 Å². The van der Waals surface area contributed by atoms with Crippen LogP contribution < -0.4 is 5.73 Å². The number of ether oxygens (including phenoxy) is 4. The van der Waals surface area contributed by atoms with E-state index in [0.29, 0.717) is 0 Å². The summed E-state index contributed by atoms with van der Waals surface area (Å²) in [6, 6.07) is 0. The van der Waals surface area contributed by atoms with Crippen molar-refractivity contribution in [2.24, 2.45) is 11.7 Å². The quantitative estimate of drug-likeness (QED) is 0.0649. The van der Waals surface area contributed by atoms with Crippen molar-refractivity contribution in [1.82, 2.24) is 0 Å². The molecule has 0 aromatic heterocycles. The molecule has 0 saturated carbocycles. The normalized spacial score (nSPS) is 34.3. The van der Waals surface area contributed by atoms with Crippen molar-refractivity contribution in [1.29, 1.82) is 0 Å². The highest BCUT2D eigenvalue weighted by atomic mass is 31.2. The minimum Gasteiger partial charge on any atom is -0.390 e. The molecule has 16 heteroatoms. The molecule has 8 N–H and O–H groups in total. The van der Waals surface area contributed by atoms with Gasteiger partial charge in [0.15, 0.2) is 25.0 Å².